The molecule has 0 spiro atoms. The largest absolute Gasteiger partial charge is 0.452 e. The molecule has 2 amide bonds. The number of aromatic nitrogens is 4. The summed E-state index contributed by atoms with van der Waals surface area (Å²) >= 11 is 0. The predicted octanol–water partition coefficient (Wildman–Crippen LogP) is 2.67. The normalized spacial score (nSPS) is 10.6. The zero-order valence-electron chi connectivity index (χ0n) is 18.4. The van der Waals surface area contributed by atoms with Crippen LogP contribution in [0.25, 0.3) is 10.8 Å². The van der Waals surface area contributed by atoms with Gasteiger partial charge in [-0.15, -0.1) is 5.10 Å². The molecule has 0 saturated heterocycles. The number of nitrogens with zero attached hydrogens (tertiary/aromatic N) is 5. The highest BCUT2D eigenvalue weighted by Gasteiger charge is 2.20. The van der Waals surface area contributed by atoms with Crippen LogP contribution in [0.15, 0.2) is 73.1 Å². The molecule has 0 unspecified atom stereocenters. The van der Waals surface area contributed by atoms with Gasteiger partial charge in [-0.2, -0.15) is 0 Å². The molecule has 0 aliphatic heterocycles. The number of hydrogen-bond donors (Lipinski definition) is 1. The number of tetrazole rings is 1. The molecule has 1 N–H and O–H groups in total. The van der Waals surface area contributed by atoms with Gasteiger partial charge < -0.3 is 15.0 Å². The van der Waals surface area contributed by atoms with Gasteiger partial charge in [0, 0.05) is 11.9 Å². The monoisotopic (exact) mass is 458 g/mol. The van der Waals surface area contributed by atoms with Crippen molar-refractivity contribution < 1.29 is 19.1 Å². The standard InChI is InChI=1S/C24H22N6O4/c1-2-30(21-13-7-9-17-8-3-4-10-18(17)21)23(32)15-34-24(33)19-11-5-6-12-20(19)26-22(31)14-29-16-25-27-28-29/h3-13,16H,2,14-15H2,1H3,(H,26,31). The number of ether oxygens (including phenoxy) is 1. The van der Waals surface area contributed by atoms with Crippen LogP contribution in [0.4, 0.5) is 11.4 Å². The Balaban J connectivity index is 1.44. The molecule has 1 aromatic heterocycles. The van der Waals surface area contributed by atoms with Gasteiger partial charge in [-0.3, -0.25) is 9.59 Å². The molecule has 0 bridgehead atoms. The Labute approximate surface area is 195 Å². The van der Waals surface area contributed by atoms with Crippen molar-refractivity contribution in [1.29, 1.82) is 0 Å². The van der Waals surface area contributed by atoms with Crippen LogP contribution >= 0.6 is 0 Å². The van der Waals surface area contributed by atoms with Crippen LogP contribution in [0, 0.1) is 0 Å². The number of carbonyl (C=O) groups is 3. The smallest absolute Gasteiger partial charge is 0.340 e. The zero-order chi connectivity index (χ0) is 23.9. The number of esters is 1. The van der Waals surface area contributed by atoms with E-state index in [0.29, 0.717) is 6.54 Å². The first-order valence-corrected chi connectivity index (χ1v) is 10.6. The Morgan fingerprint density at radius 3 is 2.56 bits per heavy atom. The first-order chi connectivity index (χ1) is 16.6. The molecule has 0 radical (unpaired) electrons. The lowest BCUT2D eigenvalue weighted by Crippen LogP contribution is -2.34. The summed E-state index contributed by atoms with van der Waals surface area (Å²) in [6.45, 7) is 1.71. The van der Waals surface area contributed by atoms with Crippen molar-refractivity contribution in [2.75, 3.05) is 23.4 Å². The van der Waals surface area contributed by atoms with E-state index in [0.717, 1.165) is 16.5 Å². The molecule has 172 valence electrons. The molecule has 0 saturated carbocycles. The Hall–Kier alpha value is -4.60. The van der Waals surface area contributed by atoms with Crippen LogP contribution in [0.2, 0.25) is 0 Å². The maximum Gasteiger partial charge on any atom is 0.340 e. The Morgan fingerprint density at radius 1 is 1.00 bits per heavy atom. The summed E-state index contributed by atoms with van der Waals surface area (Å²) in [5.74, 6) is -1.50. The molecule has 0 fully saturated rings. The number of fused-ring (bicyclic) bond motifs is 1. The summed E-state index contributed by atoms with van der Waals surface area (Å²) in [6.07, 6.45) is 1.31. The topological polar surface area (TPSA) is 119 Å². The van der Waals surface area contributed by atoms with Crippen molar-refractivity contribution in [3.63, 3.8) is 0 Å². The number of carbonyl (C=O) groups excluding carboxylic acids is 3. The average Bonchev–Trinajstić information content (AvgIpc) is 3.36. The van der Waals surface area contributed by atoms with E-state index in [1.54, 1.807) is 23.1 Å². The highest BCUT2D eigenvalue weighted by atomic mass is 16.5. The molecule has 0 aliphatic rings. The van der Waals surface area contributed by atoms with Crippen molar-refractivity contribution in [2.45, 2.75) is 13.5 Å². The Morgan fingerprint density at radius 2 is 1.76 bits per heavy atom. The molecule has 4 aromatic rings. The number of amides is 2. The van der Waals surface area contributed by atoms with Crippen LogP contribution in [0.5, 0.6) is 0 Å². The van der Waals surface area contributed by atoms with Gasteiger partial charge in [-0.1, -0.05) is 48.5 Å². The first kappa shape index (κ1) is 22.6. The van der Waals surface area contributed by atoms with Gasteiger partial charge in [-0.05, 0) is 40.9 Å². The lowest BCUT2D eigenvalue weighted by Gasteiger charge is -2.22. The minimum absolute atomic E-state index is 0.120. The fourth-order valence-electron chi connectivity index (χ4n) is 3.57. The summed E-state index contributed by atoms with van der Waals surface area (Å²) < 4.78 is 6.57. The van der Waals surface area contributed by atoms with E-state index < -0.39 is 18.5 Å². The number of benzene rings is 3. The first-order valence-electron chi connectivity index (χ1n) is 10.6. The molecule has 4 rings (SSSR count). The van der Waals surface area contributed by atoms with Crippen molar-refractivity contribution in [3.05, 3.63) is 78.6 Å². The van der Waals surface area contributed by atoms with E-state index in [-0.39, 0.29) is 23.7 Å². The second kappa shape index (κ2) is 10.3. The lowest BCUT2D eigenvalue weighted by molar-refractivity contribution is -0.121. The van der Waals surface area contributed by atoms with Crippen LogP contribution in [0.3, 0.4) is 0 Å². The molecule has 0 atom stereocenters. The van der Waals surface area contributed by atoms with Gasteiger partial charge in [0.15, 0.2) is 6.61 Å². The average molecular weight is 458 g/mol. The highest BCUT2D eigenvalue weighted by molar-refractivity contribution is 6.06. The van der Waals surface area contributed by atoms with Gasteiger partial charge in [0.2, 0.25) is 5.91 Å². The second-order valence-corrected chi connectivity index (χ2v) is 7.31. The second-order valence-electron chi connectivity index (χ2n) is 7.31. The molecular formula is C24H22N6O4. The van der Waals surface area contributed by atoms with Gasteiger partial charge >= 0.3 is 5.97 Å². The number of likely N-dealkylation sites (N-methyl/N-ethyl adjacent to an activating group) is 1. The summed E-state index contributed by atoms with van der Waals surface area (Å²) in [6, 6.07) is 19.9. The summed E-state index contributed by atoms with van der Waals surface area (Å²) in [5.41, 5.74) is 1.14. The third-order valence-corrected chi connectivity index (χ3v) is 5.12. The molecule has 34 heavy (non-hydrogen) atoms. The number of para-hydroxylation sites is 1. The van der Waals surface area contributed by atoms with Crippen LogP contribution < -0.4 is 10.2 Å². The van der Waals surface area contributed by atoms with Gasteiger partial charge in [0.05, 0.1) is 16.9 Å². The van der Waals surface area contributed by atoms with Crippen LogP contribution in [-0.2, 0) is 20.9 Å². The third kappa shape index (κ3) is 5.07. The summed E-state index contributed by atoms with van der Waals surface area (Å²) in [5, 5.41) is 15.2. The lowest BCUT2D eigenvalue weighted by atomic mass is 10.1. The maximum absolute atomic E-state index is 13.0. The third-order valence-electron chi connectivity index (χ3n) is 5.12. The highest BCUT2D eigenvalue weighted by Crippen LogP contribution is 2.27. The Kier molecular flexibility index (Phi) is 6.87. The molecule has 3 aromatic carbocycles. The van der Waals surface area contributed by atoms with Crippen molar-refractivity contribution in [2.24, 2.45) is 0 Å². The fourth-order valence-corrected chi connectivity index (χ4v) is 3.57. The van der Waals surface area contributed by atoms with Gasteiger partial charge in [0.25, 0.3) is 5.91 Å². The van der Waals surface area contributed by atoms with Crippen LogP contribution in [0.1, 0.15) is 17.3 Å². The number of anilines is 2. The van der Waals surface area contributed by atoms with Gasteiger partial charge in [-0.25, -0.2) is 9.48 Å². The van der Waals surface area contributed by atoms with E-state index in [4.69, 9.17) is 4.74 Å². The van der Waals surface area contributed by atoms with Crippen molar-refractivity contribution in [1.82, 2.24) is 20.2 Å². The van der Waals surface area contributed by atoms with E-state index in [1.165, 1.54) is 17.1 Å². The SMILES string of the molecule is CCN(C(=O)COC(=O)c1ccccc1NC(=O)Cn1cnnn1)c1cccc2ccccc12. The Bertz CT molecular complexity index is 1320. The zero-order valence-corrected chi connectivity index (χ0v) is 18.4. The summed E-state index contributed by atoms with van der Waals surface area (Å²) in [7, 11) is 0. The van der Waals surface area contributed by atoms with E-state index in [2.05, 4.69) is 20.8 Å². The fraction of sp³-hybridized carbons (Fsp3) is 0.167. The number of hydrogen-bond acceptors (Lipinski definition) is 7. The maximum atomic E-state index is 13.0. The molecular weight excluding hydrogens is 436 g/mol. The van der Waals surface area contributed by atoms with Crippen LogP contribution in [-0.4, -0.2) is 51.1 Å². The van der Waals surface area contributed by atoms with E-state index in [9.17, 15) is 14.4 Å². The van der Waals surface area contributed by atoms with E-state index in [1.807, 2.05) is 49.4 Å². The predicted molar refractivity (Wildman–Crippen MR) is 125 cm³/mol. The molecule has 1 heterocycles. The minimum Gasteiger partial charge on any atom is -0.452 e. The minimum atomic E-state index is -0.722. The van der Waals surface area contributed by atoms with Crippen molar-refractivity contribution >= 4 is 39.9 Å². The number of rotatable bonds is 8. The quantitative estimate of drug-likeness (QED) is 0.403. The molecule has 0 aliphatic carbocycles. The molecule has 10 heteroatoms. The molecule has 10 nitrogen and oxygen atoms in total. The van der Waals surface area contributed by atoms with Gasteiger partial charge in [0.1, 0.15) is 12.9 Å². The number of nitrogens with one attached hydrogen (secondary N) is 1. The van der Waals surface area contributed by atoms with Crippen molar-refractivity contribution in [3.8, 4) is 0 Å². The summed E-state index contributed by atoms with van der Waals surface area (Å²) in [4.78, 5) is 39.5. The van der Waals surface area contributed by atoms with E-state index >= 15 is 0 Å².